The van der Waals surface area contributed by atoms with Crippen molar-refractivity contribution in [3.63, 3.8) is 0 Å². The first-order valence-corrected chi connectivity index (χ1v) is 8.93. The maximum atomic E-state index is 12.4. The van der Waals surface area contributed by atoms with Gasteiger partial charge in [0.1, 0.15) is 5.75 Å². The molecule has 2 rings (SSSR count). The van der Waals surface area contributed by atoms with Gasteiger partial charge in [-0.2, -0.15) is 0 Å². The second-order valence-electron chi connectivity index (χ2n) is 6.86. The Kier molecular flexibility index (Phi) is 6.97. The third-order valence-corrected chi connectivity index (χ3v) is 4.10. The second-order valence-corrected chi connectivity index (χ2v) is 6.86. The van der Waals surface area contributed by atoms with E-state index in [2.05, 4.69) is 10.6 Å². The monoisotopic (exact) mass is 391 g/mol. The summed E-state index contributed by atoms with van der Waals surface area (Å²) >= 11 is 0. The Morgan fingerprint density at radius 2 is 2.00 bits per heavy atom. The molecule has 0 saturated carbocycles. The molecule has 1 atom stereocenters. The lowest BCUT2D eigenvalue weighted by Gasteiger charge is -2.20. The zero-order chi connectivity index (χ0) is 20.8. The minimum atomic E-state index is -0.743. The van der Waals surface area contributed by atoms with Gasteiger partial charge in [-0.05, 0) is 38.5 Å². The molecule has 0 radical (unpaired) electrons. The summed E-state index contributed by atoms with van der Waals surface area (Å²) in [6.07, 6.45) is -0.0224. The SMILES string of the molecule is COc1ccc(C)cc1N1C[C@H](C(=O)OCC(=O)NC(=O)NC(C)C)CC1=O. The normalized spacial score (nSPS) is 16.1. The van der Waals surface area contributed by atoms with Crippen LogP contribution in [0.3, 0.4) is 0 Å². The first-order valence-electron chi connectivity index (χ1n) is 8.93. The third-order valence-electron chi connectivity index (χ3n) is 4.10. The summed E-state index contributed by atoms with van der Waals surface area (Å²) in [6, 6.07) is 4.64. The first kappa shape index (κ1) is 21.2. The fourth-order valence-corrected chi connectivity index (χ4v) is 2.82. The summed E-state index contributed by atoms with van der Waals surface area (Å²) in [6.45, 7) is 4.92. The van der Waals surface area contributed by atoms with Gasteiger partial charge in [-0.1, -0.05) is 6.07 Å². The van der Waals surface area contributed by atoms with Crippen LogP contribution >= 0.6 is 0 Å². The Morgan fingerprint density at radius 3 is 2.64 bits per heavy atom. The van der Waals surface area contributed by atoms with Crippen LogP contribution in [0.15, 0.2) is 18.2 Å². The van der Waals surface area contributed by atoms with Crippen LogP contribution < -0.4 is 20.3 Å². The van der Waals surface area contributed by atoms with E-state index in [4.69, 9.17) is 9.47 Å². The molecule has 1 aromatic carbocycles. The number of benzene rings is 1. The van der Waals surface area contributed by atoms with Crippen LogP contribution in [0.5, 0.6) is 5.75 Å². The molecule has 9 nitrogen and oxygen atoms in total. The minimum Gasteiger partial charge on any atom is -0.495 e. The van der Waals surface area contributed by atoms with Gasteiger partial charge in [-0.25, -0.2) is 4.79 Å². The van der Waals surface area contributed by atoms with E-state index in [1.807, 2.05) is 19.1 Å². The molecule has 0 bridgehead atoms. The number of nitrogens with zero attached hydrogens (tertiary/aromatic N) is 1. The molecule has 1 aliphatic rings. The van der Waals surface area contributed by atoms with Gasteiger partial charge in [-0.3, -0.25) is 19.7 Å². The van der Waals surface area contributed by atoms with Gasteiger partial charge in [0, 0.05) is 19.0 Å². The van der Waals surface area contributed by atoms with Crippen molar-refractivity contribution in [1.29, 1.82) is 0 Å². The number of anilines is 1. The van der Waals surface area contributed by atoms with Gasteiger partial charge < -0.3 is 19.7 Å². The lowest BCUT2D eigenvalue weighted by atomic mass is 10.1. The predicted molar refractivity (Wildman–Crippen MR) is 101 cm³/mol. The van der Waals surface area contributed by atoms with Gasteiger partial charge in [-0.15, -0.1) is 0 Å². The molecule has 9 heteroatoms. The zero-order valence-electron chi connectivity index (χ0n) is 16.4. The van der Waals surface area contributed by atoms with E-state index in [1.54, 1.807) is 19.9 Å². The van der Waals surface area contributed by atoms with Crippen molar-refractivity contribution in [2.45, 2.75) is 33.2 Å². The number of ether oxygens (including phenoxy) is 2. The van der Waals surface area contributed by atoms with Crippen molar-refractivity contribution < 1.29 is 28.7 Å². The van der Waals surface area contributed by atoms with Crippen LogP contribution in [0.1, 0.15) is 25.8 Å². The molecule has 0 aromatic heterocycles. The number of amides is 4. The van der Waals surface area contributed by atoms with Crippen LogP contribution in [0, 0.1) is 12.8 Å². The van der Waals surface area contributed by atoms with Gasteiger partial charge in [0.2, 0.25) is 5.91 Å². The zero-order valence-corrected chi connectivity index (χ0v) is 16.4. The Bertz CT molecular complexity index is 777. The maximum Gasteiger partial charge on any atom is 0.321 e. The molecule has 1 aromatic rings. The number of hydrogen-bond acceptors (Lipinski definition) is 6. The molecular formula is C19H25N3O6. The van der Waals surface area contributed by atoms with E-state index in [-0.39, 0.29) is 24.9 Å². The van der Waals surface area contributed by atoms with Crippen molar-refractivity contribution in [2.75, 3.05) is 25.2 Å². The Hall–Kier alpha value is -3.10. The summed E-state index contributed by atoms with van der Waals surface area (Å²) in [5, 5.41) is 4.55. The molecule has 2 N–H and O–H groups in total. The van der Waals surface area contributed by atoms with E-state index in [0.29, 0.717) is 11.4 Å². The number of urea groups is 1. The smallest absolute Gasteiger partial charge is 0.321 e. The predicted octanol–water partition coefficient (Wildman–Crippen LogP) is 1.13. The molecule has 0 spiro atoms. The van der Waals surface area contributed by atoms with Crippen LogP contribution in [0.2, 0.25) is 0 Å². The van der Waals surface area contributed by atoms with Crippen molar-refractivity contribution >= 4 is 29.5 Å². The van der Waals surface area contributed by atoms with Gasteiger partial charge in [0.25, 0.3) is 5.91 Å². The molecule has 0 aliphatic carbocycles. The molecule has 1 fully saturated rings. The van der Waals surface area contributed by atoms with Crippen molar-refractivity contribution in [1.82, 2.24) is 10.6 Å². The van der Waals surface area contributed by atoms with E-state index in [0.717, 1.165) is 5.56 Å². The van der Waals surface area contributed by atoms with Crippen molar-refractivity contribution in [3.8, 4) is 5.75 Å². The number of nitrogens with one attached hydrogen (secondary N) is 2. The Morgan fingerprint density at radius 1 is 1.29 bits per heavy atom. The third kappa shape index (κ3) is 5.45. The lowest BCUT2D eigenvalue weighted by Crippen LogP contribution is -2.44. The highest BCUT2D eigenvalue weighted by molar-refractivity contribution is 6.01. The van der Waals surface area contributed by atoms with E-state index >= 15 is 0 Å². The lowest BCUT2D eigenvalue weighted by molar-refractivity contribution is -0.152. The molecule has 1 saturated heterocycles. The summed E-state index contributed by atoms with van der Waals surface area (Å²) in [4.78, 5) is 49.2. The number of methoxy groups -OCH3 is 1. The van der Waals surface area contributed by atoms with E-state index in [1.165, 1.54) is 12.0 Å². The van der Waals surface area contributed by atoms with Crippen LogP contribution in [-0.2, 0) is 19.1 Å². The van der Waals surface area contributed by atoms with Crippen molar-refractivity contribution in [3.05, 3.63) is 23.8 Å². The Balaban J connectivity index is 1.93. The summed E-state index contributed by atoms with van der Waals surface area (Å²) < 4.78 is 10.3. The van der Waals surface area contributed by atoms with E-state index in [9.17, 15) is 19.2 Å². The summed E-state index contributed by atoms with van der Waals surface area (Å²) in [5.41, 5.74) is 1.54. The highest BCUT2D eigenvalue weighted by Gasteiger charge is 2.37. The average molecular weight is 391 g/mol. The average Bonchev–Trinajstić information content (AvgIpc) is 3.00. The van der Waals surface area contributed by atoms with Gasteiger partial charge >= 0.3 is 12.0 Å². The standard InChI is InChI=1S/C19H25N3O6/c1-11(2)20-19(26)21-16(23)10-28-18(25)13-8-17(24)22(9-13)14-7-12(3)5-6-15(14)27-4/h5-7,11,13H,8-10H2,1-4H3,(H2,20,21,23,26)/t13-/m1/s1. The number of imide groups is 1. The fourth-order valence-electron chi connectivity index (χ4n) is 2.82. The first-order chi connectivity index (χ1) is 13.2. The maximum absolute atomic E-state index is 12.4. The number of rotatable bonds is 6. The Labute approximate surface area is 163 Å². The summed E-state index contributed by atoms with van der Waals surface area (Å²) in [5.74, 6) is -1.81. The topological polar surface area (TPSA) is 114 Å². The quantitative estimate of drug-likeness (QED) is 0.703. The van der Waals surface area contributed by atoms with Gasteiger partial charge in [0.05, 0.1) is 18.7 Å². The van der Waals surface area contributed by atoms with Gasteiger partial charge in [0.15, 0.2) is 6.61 Å². The number of hydrogen-bond donors (Lipinski definition) is 2. The molecule has 4 amide bonds. The fraction of sp³-hybridized carbons (Fsp3) is 0.474. The second kappa shape index (κ2) is 9.20. The molecular weight excluding hydrogens is 366 g/mol. The van der Waals surface area contributed by atoms with Crippen LogP contribution in [-0.4, -0.2) is 50.1 Å². The molecule has 152 valence electrons. The molecule has 28 heavy (non-hydrogen) atoms. The van der Waals surface area contributed by atoms with Crippen LogP contribution in [0.25, 0.3) is 0 Å². The molecule has 0 unspecified atom stereocenters. The minimum absolute atomic E-state index is 0.0224. The summed E-state index contributed by atoms with van der Waals surface area (Å²) in [7, 11) is 1.51. The molecule has 1 heterocycles. The number of aryl methyl sites for hydroxylation is 1. The van der Waals surface area contributed by atoms with Crippen molar-refractivity contribution in [2.24, 2.45) is 5.92 Å². The van der Waals surface area contributed by atoms with Crippen LogP contribution in [0.4, 0.5) is 10.5 Å². The number of esters is 1. The molecule has 1 aliphatic heterocycles. The largest absolute Gasteiger partial charge is 0.495 e. The highest BCUT2D eigenvalue weighted by atomic mass is 16.5. The highest BCUT2D eigenvalue weighted by Crippen LogP contribution is 2.34. The number of carbonyl (C=O) groups is 4. The number of carbonyl (C=O) groups excluding carboxylic acids is 4. The van der Waals surface area contributed by atoms with E-state index < -0.39 is 30.4 Å².